The summed E-state index contributed by atoms with van der Waals surface area (Å²) in [5.41, 5.74) is 0.891. The number of nitrogens with zero attached hydrogens (tertiary/aromatic N) is 1. The van der Waals surface area contributed by atoms with Crippen molar-refractivity contribution in [2.75, 3.05) is 5.32 Å². The lowest BCUT2D eigenvalue weighted by Crippen LogP contribution is -2.24. The van der Waals surface area contributed by atoms with Crippen LogP contribution >= 0.6 is 0 Å². The minimum Gasteiger partial charge on any atom is -0.382 e. The fraction of sp³-hybridized carbons (Fsp3) is 0.462. The summed E-state index contributed by atoms with van der Waals surface area (Å²) in [7, 11) is 0. The summed E-state index contributed by atoms with van der Waals surface area (Å²) in [4.78, 5) is 0. The highest BCUT2D eigenvalue weighted by atomic mass is 19.1. The molecular weight excluding hydrogens is 203 g/mol. The number of rotatable bonds is 4. The summed E-state index contributed by atoms with van der Waals surface area (Å²) in [6.45, 7) is 6.37. The summed E-state index contributed by atoms with van der Waals surface area (Å²) in [6, 6.07) is 6.74. The number of nitrogens with one attached hydrogen (secondary N) is 1. The number of halogens is 1. The molecule has 0 radical (unpaired) electrons. The van der Waals surface area contributed by atoms with Crippen molar-refractivity contribution in [3.05, 3.63) is 29.6 Å². The van der Waals surface area contributed by atoms with E-state index in [-0.39, 0.29) is 5.56 Å². The molecule has 86 valence electrons. The first-order chi connectivity index (χ1) is 7.58. The molecule has 0 aromatic heterocycles. The summed E-state index contributed by atoms with van der Waals surface area (Å²) < 4.78 is 13.1. The van der Waals surface area contributed by atoms with Gasteiger partial charge in [0, 0.05) is 11.7 Å². The lowest BCUT2D eigenvalue weighted by Gasteiger charge is -2.22. The van der Waals surface area contributed by atoms with Crippen LogP contribution in [0.25, 0.3) is 0 Å². The molecule has 0 aliphatic carbocycles. The molecule has 0 aliphatic heterocycles. The van der Waals surface area contributed by atoms with Gasteiger partial charge in [-0.15, -0.1) is 0 Å². The van der Waals surface area contributed by atoms with Crippen LogP contribution in [0.3, 0.4) is 0 Å². The Kier molecular flexibility index (Phi) is 4.30. The van der Waals surface area contributed by atoms with Gasteiger partial charge in [0.2, 0.25) is 0 Å². The van der Waals surface area contributed by atoms with Crippen LogP contribution in [-0.4, -0.2) is 6.04 Å². The minimum atomic E-state index is -0.467. The van der Waals surface area contributed by atoms with Crippen molar-refractivity contribution < 1.29 is 4.39 Å². The number of anilines is 1. The van der Waals surface area contributed by atoms with Crippen molar-refractivity contribution in [1.29, 1.82) is 5.26 Å². The first-order valence-corrected chi connectivity index (χ1v) is 5.54. The van der Waals surface area contributed by atoms with Crippen molar-refractivity contribution in [1.82, 2.24) is 0 Å². The van der Waals surface area contributed by atoms with Crippen LogP contribution in [0.15, 0.2) is 18.2 Å². The van der Waals surface area contributed by atoms with Crippen LogP contribution < -0.4 is 5.32 Å². The van der Waals surface area contributed by atoms with Crippen molar-refractivity contribution in [3.8, 4) is 6.07 Å². The number of hydrogen-bond acceptors (Lipinski definition) is 2. The van der Waals surface area contributed by atoms with E-state index in [9.17, 15) is 4.39 Å². The van der Waals surface area contributed by atoms with E-state index in [1.54, 1.807) is 12.1 Å². The fourth-order valence-corrected chi connectivity index (χ4v) is 1.65. The number of benzene rings is 1. The maximum atomic E-state index is 13.1. The third-order valence-electron chi connectivity index (χ3n) is 2.68. The molecule has 1 aromatic rings. The molecule has 1 unspecified atom stereocenters. The molecule has 0 saturated heterocycles. The van der Waals surface area contributed by atoms with Crippen LogP contribution in [-0.2, 0) is 0 Å². The Morgan fingerprint density at radius 2 is 2.12 bits per heavy atom. The van der Waals surface area contributed by atoms with Crippen molar-refractivity contribution in [2.45, 2.75) is 33.2 Å². The van der Waals surface area contributed by atoms with Crippen LogP contribution in [0.2, 0.25) is 0 Å². The molecule has 0 spiro atoms. The standard InChI is InChI=1S/C13H17FN2/c1-4-13(9(2)3)16-11-5-6-12(14)10(7-11)8-15/h5-7,9,13,16H,4H2,1-3H3. The lowest BCUT2D eigenvalue weighted by molar-refractivity contribution is 0.511. The molecule has 16 heavy (non-hydrogen) atoms. The molecule has 0 amide bonds. The van der Waals surface area contributed by atoms with Crippen LogP contribution in [0.5, 0.6) is 0 Å². The van der Waals surface area contributed by atoms with Gasteiger partial charge < -0.3 is 5.32 Å². The SMILES string of the molecule is CCC(Nc1ccc(F)c(C#N)c1)C(C)C. The molecule has 1 N–H and O–H groups in total. The summed E-state index contributed by atoms with van der Waals surface area (Å²) in [5, 5.41) is 12.0. The Hall–Kier alpha value is -1.56. The van der Waals surface area contributed by atoms with Gasteiger partial charge in [-0.3, -0.25) is 0 Å². The van der Waals surface area contributed by atoms with Gasteiger partial charge in [0.15, 0.2) is 0 Å². The van der Waals surface area contributed by atoms with Gasteiger partial charge in [0.05, 0.1) is 5.56 Å². The Morgan fingerprint density at radius 3 is 2.62 bits per heavy atom. The monoisotopic (exact) mass is 220 g/mol. The average molecular weight is 220 g/mol. The van der Waals surface area contributed by atoms with E-state index in [0.717, 1.165) is 12.1 Å². The first-order valence-electron chi connectivity index (χ1n) is 5.54. The van der Waals surface area contributed by atoms with Gasteiger partial charge in [-0.25, -0.2) is 4.39 Å². The predicted octanol–water partition coefficient (Wildman–Crippen LogP) is 3.54. The highest BCUT2D eigenvalue weighted by Crippen LogP contribution is 2.18. The molecule has 1 rings (SSSR count). The molecule has 1 aromatic carbocycles. The molecule has 0 bridgehead atoms. The Morgan fingerprint density at radius 1 is 1.44 bits per heavy atom. The maximum absolute atomic E-state index is 13.1. The predicted molar refractivity (Wildman–Crippen MR) is 63.7 cm³/mol. The summed E-state index contributed by atoms with van der Waals surface area (Å²) in [6.07, 6.45) is 0.997. The molecule has 2 nitrogen and oxygen atoms in total. The zero-order valence-corrected chi connectivity index (χ0v) is 9.92. The van der Waals surface area contributed by atoms with E-state index >= 15 is 0 Å². The van der Waals surface area contributed by atoms with Crippen molar-refractivity contribution in [3.63, 3.8) is 0 Å². The van der Waals surface area contributed by atoms with E-state index in [1.807, 2.05) is 6.07 Å². The molecule has 0 fully saturated rings. The molecule has 0 aliphatic rings. The van der Waals surface area contributed by atoms with Gasteiger partial charge in [0.1, 0.15) is 11.9 Å². The zero-order chi connectivity index (χ0) is 12.1. The van der Waals surface area contributed by atoms with Crippen LogP contribution in [0.1, 0.15) is 32.8 Å². The van der Waals surface area contributed by atoms with Gasteiger partial charge >= 0.3 is 0 Å². The van der Waals surface area contributed by atoms with E-state index in [0.29, 0.717) is 12.0 Å². The normalized spacial score (nSPS) is 12.2. The third kappa shape index (κ3) is 2.96. The second kappa shape index (κ2) is 5.50. The van der Waals surface area contributed by atoms with E-state index in [4.69, 9.17) is 5.26 Å². The molecule has 1 atom stereocenters. The largest absolute Gasteiger partial charge is 0.382 e. The van der Waals surface area contributed by atoms with Crippen LogP contribution in [0.4, 0.5) is 10.1 Å². The Bertz CT molecular complexity index is 393. The average Bonchev–Trinajstić information content (AvgIpc) is 2.27. The maximum Gasteiger partial charge on any atom is 0.141 e. The van der Waals surface area contributed by atoms with Gasteiger partial charge in [-0.1, -0.05) is 20.8 Å². The van der Waals surface area contributed by atoms with E-state index in [2.05, 4.69) is 26.1 Å². The molecule has 0 heterocycles. The summed E-state index contributed by atoms with van der Waals surface area (Å²) >= 11 is 0. The highest BCUT2D eigenvalue weighted by molar-refractivity contribution is 5.50. The number of hydrogen-bond donors (Lipinski definition) is 1. The topological polar surface area (TPSA) is 35.8 Å². The Labute approximate surface area is 96.1 Å². The molecular formula is C13H17FN2. The van der Waals surface area contributed by atoms with Gasteiger partial charge in [-0.05, 0) is 30.5 Å². The fourth-order valence-electron chi connectivity index (χ4n) is 1.65. The zero-order valence-electron chi connectivity index (χ0n) is 9.92. The highest BCUT2D eigenvalue weighted by Gasteiger charge is 2.11. The molecule has 3 heteroatoms. The van der Waals surface area contributed by atoms with Crippen molar-refractivity contribution in [2.24, 2.45) is 5.92 Å². The third-order valence-corrected chi connectivity index (χ3v) is 2.68. The van der Waals surface area contributed by atoms with Crippen LogP contribution in [0, 0.1) is 23.1 Å². The van der Waals surface area contributed by atoms with E-state index < -0.39 is 5.82 Å². The smallest absolute Gasteiger partial charge is 0.141 e. The second-order valence-corrected chi connectivity index (χ2v) is 4.21. The minimum absolute atomic E-state index is 0.0867. The quantitative estimate of drug-likeness (QED) is 0.842. The van der Waals surface area contributed by atoms with Gasteiger partial charge in [-0.2, -0.15) is 5.26 Å². The molecule has 0 saturated carbocycles. The Balaban J connectivity index is 2.86. The van der Waals surface area contributed by atoms with E-state index in [1.165, 1.54) is 6.07 Å². The van der Waals surface area contributed by atoms with Crippen molar-refractivity contribution >= 4 is 5.69 Å². The lowest BCUT2D eigenvalue weighted by atomic mass is 10.0. The van der Waals surface area contributed by atoms with Gasteiger partial charge in [0.25, 0.3) is 0 Å². The summed E-state index contributed by atoms with van der Waals surface area (Å²) in [5.74, 6) is 0.0336. The first kappa shape index (κ1) is 12.5. The number of nitriles is 1. The second-order valence-electron chi connectivity index (χ2n) is 4.21.